The summed E-state index contributed by atoms with van der Waals surface area (Å²) in [6, 6.07) is 15.4. The first-order valence-corrected chi connectivity index (χ1v) is 8.70. The summed E-state index contributed by atoms with van der Waals surface area (Å²) in [6.07, 6.45) is 2.71. The van der Waals surface area contributed by atoms with E-state index >= 15 is 0 Å². The summed E-state index contributed by atoms with van der Waals surface area (Å²) in [5.41, 5.74) is 2.62. The quantitative estimate of drug-likeness (QED) is 0.712. The van der Waals surface area contributed by atoms with E-state index in [-0.39, 0.29) is 12.1 Å². The molecule has 1 amide bonds. The van der Waals surface area contributed by atoms with Gasteiger partial charge in [0.05, 0.1) is 0 Å². The molecule has 1 N–H and O–H groups in total. The number of amides is 1. The number of nitrogens with zero attached hydrogens (tertiary/aromatic N) is 1. The number of ether oxygens (including phenoxy) is 1. The number of rotatable bonds is 2. The van der Waals surface area contributed by atoms with Gasteiger partial charge in [0.15, 0.2) is 6.10 Å². The second-order valence-electron chi connectivity index (χ2n) is 5.59. The molecular weight excluding hydrogens is 332 g/mol. The second kappa shape index (κ2) is 6.80. The van der Waals surface area contributed by atoms with Crippen LogP contribution in [0.2, 0.25) is 0 Å². The summed E-state index contributed by atoms with van der Waals surface area (Å²) >= 11 is 1.57. The molecule has 122 valence electrons. The summed E-state index contributed by atoms with van der Waals surface area (Å²) in [6.45, 7) is 0. The maximum Gasteiger partial charge on any atom is 0.408 e. The molecule has 0 radical (unpaired) electrons. The van der Waals surface area contributed by atoms with Crippen LogP contribution in [0.25, 0.3) is 0 Å². The molecule has 1 aromatic carbocycles. The van der Waals surface area contributed by atoms with Gasteiger partial charge >= 0.3 is 6.09 Å². The standard InChI is InChI=1S/C20H14N2O2S/c23-20-22-18(19(24-20)17-7-4-10-25-17)16-11-15(12-21-13-16)9-8-14-5-2-1-3-6-14/h1-7,10-13,18-19H,(H,22,23). The lowest BCUT2D eigenvalue weighted by Crippen LogP contribution is -2.19. The van der Waals surface area contributed by atoms with Gasteiger partial charge in [0.2, 0.25) is 0 Å². The monoisotopic (exact) mass is 346 g/mol. The highest BCUT2D eigenvalue weighted by Gasteiger charge is 2.37. The Balaban J connectivity index is 1.63. The SMILES string of the molecule is O=C1NC(c2cncc(C#Cc3ccccc3)c2)C(c2cccs2)O1. The number of pyridine rings is 1. The van der Waals surface area contributed by atoms with Crippen molar-refractivity contribution in [2.45, 2.75) is 12.1 Å². The van der Waals surface area contributed by atoms with Crippen LogP contribution in [0.3, 0.4) is 0 Å². The molecular formula is C20H14N2O2S. The molecule has 0 aliphatic carbocycles. The summed E-state index contributed by atoms with van der Waals surface area (Å²) in [4.78, 5) is 17.0. The minimum absolute atomic E-state index is 0.267. The van der Waals surface area contributed by atoms with Crippen LogP contribution >= 0.6 is 11.3 Å². The number of carbonyl (C=O) groups excluding carboxylic acids is 1. The van der Waals surface area contributed by atoms with E-state index in [1.807, 2.05) is 53.9 Å². The Bertz CT molecular complexity index is 943. The molecule has 2 unspecified atom stereocenters. The molecule has 4 rings (SSSR count). The topological polar surface area (TPSA) is 51.2 Å². The molecule has 3 heterocycles. The van der Waals surface area contributed by atoms with Crippen LogP contribution in [0.5, 0.6) is 0 Å². The average molecular weight is 346 g/mol. The van der Waals surface area contributed by atoms with Crippen molar-refractivity contribution in [3.63, 3.8) is 0 Å². The predicted octanol–water partition coefficient (Wildman–Crippen LogP) is 4.07. The molecule has 25 heavy (non-hydrogen) atoms. The van der Waals surface area contributed by atoms with E-state index in [0.29, 0.717) is 0 Å². The maximum atomic E-state index is 11.8. The summed E-state index contributed by atoms with van der Waals surface area (Å²) in [5.74, 6) is 6.24. The third-order valence-electron chi connectivity index (χ3n) is 3.88. The van der Waals surface area contributed by atoms with Crippen molar-refractivity contribution in [3.8, 4) is 11.8 Å². The molecule has 0 bridgehead atoms. The number of alkyl carbamates (subject to hydrolysis) is 1. The van der Waals surface area contributed by atoms with Crippen LogP contribution in [0.15, 0.2) is 66.3 Å². The molecule has 1 aliphatic heterocycles. The van der Waals surface area contributed by atoms with E-state index in [2.05, 4.69) is 22.1 Å². The molecule has 2 aromatic heterocycles. The van der Waals surface area contributed by atoms with Gasteiger partial charge in [-0.15, -0.1) is 11.3 Å². The van der Waals surface area contributed by atoms with Crippen LogP contribution in [0, 0.1) is 11.8 Å². The van der Waals surface area contributed by atoms with E-state index in [9.17, 15) is 4.79 Å². The number of cyclic esters (lactones) is 1. The number of thiophene rings is 1. The van der Waals surface area contributed by atoms with Gasteiger partial charge in [0.1, 0.15) is 6.04 Å². The summed E-state index contributed by atoms with van der Waals surface area (Å²) in [7, 11) is 0. The normalized spacial score (nSPS) is 18.8. The molecule has 1 aliphatic rings. The maximum absolute atomic E-state index is 11.8. The van der Waals surface area contributed by atoms with Crippen molar-refractivity contribution >= 4 is 17.4 Å². The third-order valence-corrected chi connectivity index (χ3v) is 4.81. The number of hydrogen-bond donors (Lipinski definition) is 1. The Morgan fingerprint density at radius 2 is 1.88 bits per heavy atom. The Kier molecular flexibility index (Phi) is 4.19. The smallest absolute Gasteiger partial charge is 0.408 e. The zero-order valence-electron chi connectivity index (χ0n) is 13.2. The lowest BCUT2D eigenvalue weighted by molar-refractivity contribution is 0.134. The van der Waals surface area contributed by atoms with Crippen LogP contribution in [-0.2, 0) is 4.74 Å². The fourth-order valence-corrected chi connectivity index (χ4v) is 3.51. The van der Waals surface area contributed by atoms with Crippen LogP contribution in [0.4, 0.5) is 4.79 Å². The number of nitrogens with one attached hydrogen (secondary N) is 1. The highest BCUT2D eigenvalue weighted by Crippen LogP contribution is 2.38. The van der Waals surface area contributed by atoms with Crippen LogP contribution in [-0.4, -0.2) is 11.1 Å². The first-order chi connectivity index (χ1) is 12.3. The average Bonchev–Trinajstić information content (AvgIpc) is 3.30. The number of carbonyl (C=O) groups is 1. The first-order valence-electron chi connectivity index (χ1n) is 7.82. The van der Waals surface area contributed by atoms with Gasteiger partial charge in [-0.3, -0.25) is 4.98 Å². The zero-order chi connectivity index (χ0) is 17.1. The number of benzene rings is 1. The van der Waals surface area contributed by atoms with Crippen molar-refractivity contribution in [3.05, 3.63) is 87.9 Å². The number of aromatic nitrogens is 1. The largest absolute Gasteiger partial charge is 0.438 e. The van der Waals surface area contributed by atoms with E-state index < -0.39 is 6.09 Å². The van der Waals surface area contributed by atoms with Crippen molar-refractivity contribution in [2.24, 2.45) is 0 Å². The minimum Gasteiger partial charge on any atom is -0.438 e. The fraction of sp³-hybridized carbons (Fsp3) is 0.100. The highest BCUT2D eigenvalue weighted by atomic mass is 32.1. The molecule has 3 aromatic rings. The Morgan fingerprint density at radius 3 is 2.68 bits per heavy atom. The van der Waals surface area contributed by atoms with Crippen molar-refractivity contribution in [1.29, 1.82) is 0 Å². The van der Waals surface area contributed by atoms with Crippen LogP contribution < -0.4 is 5.32 Å². The third kappa shape index (κ3) is 3.39. The van der Waals surface area contributed by atoms with Crippen LogP contribution in [0.1, 0.15) is 33.7 Å². The van der Waals surface area contributed by atoms with E-state index in [0.717, 1.165) is 21.6 Å². The van der Waals surface area contributed by atoms with Gasteiger partial charge in [0.25, 0.3) is 0 Å². The van der Waals surface area contributed by atoms with Gasteiger partial charge in [-0.1, -0.05) is 36.1 Å². The minimum atomic E-state index is -0.413. The Labute approximate surface area is 149 Å². The van der Waals surface area contributed by atoms with Gasteiger partial charge in [0, 0.05) is 28.4 Å². The van der Waals surface area contributed by atoms with Gasteiger partial charge in [-0.05, 0) is 35.2 Å². The second-order valence-corrected chi connectivity index (χ2v) is 6.57. The van der Waals surface area contributed by atoms with E-state index in [4.69, 9.17) is 4.74 Å². The van der Waals surface area contributed by atoms with Crippen molar-refractivity contribution < 1.29 is 9.53 Å². The van der Waals surface area contributed by atoms with E-state index in [1.54, 1.807) is 23.7 Å². The fourth-order valence-electron chi connectivity index (χ4n) is 2.72. The van der Waals surface area contributed by atoms with Gasteiger partial charge in [-0.2, -0.15) is 0 Å². The van der Waals surface area contributed by atoms with Crippen molar-refractivity contribution in [1.82, 2.24) is 10.3 Å². The first kappa shape index (κ1) is 15.4. The lowest BCUT2D eigenvalue weighted by Gasteiger charge is -2.15. The van der Waals surface area contributed by atoms with E-state index in [1.165, 1.54) is 0 Å². The molecule has 5 heteroatoms. The van der Waals surface area contributed by atoms with Gasteiger partial charge < -0.3 is 10.1 Å². The number of hydrogen-bond acceptors (Lipinski definition) is 4. The van der Waals surface area contributed by atoms with Gasteiger partial charge in [-0.25, -0.2) is 4.79 Å². The highest BCUT2D eigenvalue weighted by molar-refractivity contribution is 7.10. The molecule has 2 atom stereocenters. The van der Waals surface area contributed by atoms with Crippen molar-refractivity contribution in [2.75, 3.05) is 0 Å². The summed E-state index contributed by atoms with van der Waals surface area (Å²) in [5, 5.41) is 4.84. The summed E-state index contributed by atoms with van der Waals surface area (Å²) < 4.78 is 5.44. The molecule has 1 fully saturated rings. The molecule has 0 spiro atoms. The Hall–Kier alpha value is -3.10. The molecule has 4 nitrogen and oxygen atoms in total. The Morgan fingerprint density at radius 1 is 1.04 bits per heavy atom. The molecule has 0 saturated carbocycles. The molecule has 1 saturated heterocycles. The predicted molar refractivity (Wildman–Crippen MR) is 96.1 cm³/mol. The zero-order valence-corrected chi connectivity index (χ0v) is 14.0. The lowest BCUT2D eigenvalue weighted by atomic mass is 10.0.